The number of hydrogen-bond acceptors (Lipinski definition) is 4. The minimum absolute atomic E-state index is 0.112. The second kappa shape index (κ2) is 6.81. The van der Waals surface area contributed by atoms with Gasteiger partial charge < -0.3 is 14.4 Å². The summed E-state index contributed by atoms with van der Waals surface area (Å²) in [6.45, 7) is 0. The number of nitrogens with zero attached hydrogens (tertiary/aromatic N) is 1. The number of benzene rings is 3. The molecule has 1 heterocycles. The molecular formula is C22H19NO2S. The molecule has 4 heteroatoms. The summed E-state index contributed by atoms with van der Waals surface area (Å²) < 4.78 is 11.5. The lowest BCUT2D eigenvalue weighted by Crippen LogP contribution is -2.27. The molecule has 0 saturated heterocycles. The zero-order chi connectivity index (χ0) is 18.1. The molecular weight excluding hydrogens is 342 g/mol. The first-order valence-corrected chi connectivity index (χ1v) is 8.88. The van der Waals surface area contributed by atoms with Gasteiger partial charge in [-0.25, -0.2) is 0 Å². The number of fused-ring (bicyclic) bond motifs is 2. The highest BCUT2D eigenvalue weighted by atomic mass is 32.1. The third-order valence-electron chi connectivity index (χ3n) is 4.73. The molecule has 3 aromatic rings. The van der Waals surface area contributed by atoms with Crippen LogP contribution in [0.1, 0.15) is 17.0 Å². The summed E-state index contributed by atoms with van der Waals surface area (Å²) in [4.78, 5) is 2.20. The van der Waals surface area contributed by atoms with Crippen molar-refractivity contribution in [1.82, 2.24) is 0 Å². The maximum atomic E-state index is 6.11. The van der Waals surface area contributed by atoms with E-state index in [4.69, 9.17) is 21.7 Å². The Morgan fingerprint density at radius 1 is 0.808 bits per heavy atom. The van der Waals surface area contributed by atoms with Crippen molar-refractivity contribution in [3.63, 3.8) is 0 Å². The molecule has 3 aromatic carbocycles. The Morgan fingerprint density at radius 2 is 1.31 bits per heavy atom. The summed E-state index contributed by atoms with van der Waals surface area (Å²) in [7, 11) is 3.71. The van der Waals surface area contributed by atoms with Crippen molar-refractivity contribution in [1.29, 1.82) is 0 Å². The first kappa shape index (κ1) is 16.6. The predicted molar refractivity (Wildman–Crippen MR) is 109 cm³/mol. The van der Waals surface area contributed by atoms with Crippen LogP contribution in [-0.4, -0.2) is 19.2 Å². The van der Waals surface area contributed by atoms with Gasteiger partial charge in [0.1, 0.15) is 0 Å². The van der Waals surface area contributed by atoms with Crippen LogP contribution in [-0.2, 0) is 0 Å². The van der Waals surface area contributed by atoms with Gasteiger partial charge in [-0.3, -0.25) is 0 Å². The van der Waals surface area contributed by atoms with Crippen LogP contribution in [0.2, 0.25) is 0 Å². The third kappa shape index (κ3) is 2.72. The van der Waals surface area contributed by atoms with Crippen molar-refractivity contribution < 1.29 is 9.47 Å². The van der Waals surface area contributed by atoms with Gasteiger partial charge in [-0.15, -0.1) is 0 Å². The quantitative estimate of drug-likeness (QED) is 0.589. The maximum Gasteiger partial charge on any atom is 0.179 e. The Bertz CT molecular complexity index is 922. The number of methoxy groups -OCH3 is 1. The Hall–Kier alpha value is -2.85. The summed E-state index contributed by atoms with van der Waals surface area (Å²) in [5.74, 6) is 1.19. The van der Waals surface area contributed by atoms with E-state index in [-0.39, 0.29) is 5.92 Å². The normalized spacial score (nSPS) is 12.9. The number of hydrogen-bond donors (Lipinski definition) is 0. The van der Waals surface area contributed by atoms with Crippen LogP contribution in [0.4, 0.5) is 11.4 Å². The molecule has 26 heavy (non-hydrogen) atoms. The molecule has 0 atom stereocenters. The van der Waals surface area contributed by atoms with Crippen molar-refractivity contribution in [2.75, 3.05) is 19.1 Å². The van der Waals surface area contributed by atoms with Crippen LogP contribution in [0.25, 0.3) is 0 Å². The van der Waals surface area contributed by atoms with E-state index < -0.39 is 0 Å². The third-order valence-corrected chi connectivity index (χ3v) is 5.05. The lowest BCUT2D eigenvalue weighted by molar-refractivity contribution is 0.390. The van der Waals surface area contributed by atoms with E-state index in [0.29, 0.717) is 16.5 Å². The van der Waals surface area contributed by atoms with E-state index in [2.05, 4.69) is 36.2 Å². The Balaban J connectivity index is 1.79. The molecule has 0 aliphatic carbocycles. The van der Waals surface area contributed by atoms with Crippen LogP contribution in [0.3, 0.4) is 0 Å². The van der Waals surface area contributed by atoms with E-state index in [1.54, 1.807) is 7.11 Å². The molecule has 0 unspecified atom stereocenters. The molecule has 0 bridgehead atoms. The van der Waals surface area contributed by atoms with Gasteiger partial charge in [0, 0.05) is 18.4 Å². The first-order valence-electron chi connectivity index (χ1n) is 8.47. The molecule has 4 rings (SSSR count). The Labute approximate surface area is 158 Å². The maximum absolute atomic E-state index is 6.11. The van der Waals surface area contributed by atoms with Crippen molar-refractivity contribution in [3.05, 3.63) is 83.9 Å². The second-order valence-corrected chi connectivity index (χ2v) is 6.58. The number of ether oxygens (including phenoxy) is 2. The highest BCUT2D eigenvalue weighted by Gasteiger charge is 2.32. The highest BCUT2D eigenvalue weighted by Crippen LogP contribution is 2.45. The summed E-state index contributed by atoms with van der Waals surface area (Å²) in [6.07, 6.45) is 0. The number of para-hydroxylation sites is 4. The lowest BCUT2D eigenvalue weighted by atomic mass is 9.85. The Morgan fingerprint density at radius 3 is 1.88 bits per heavy atom. The van der Waals surface area contributed by atoms with E-state index in [0.717, 1.165) is 22.5 Å². The number of anilines is 2. The van der Waals surface area contributed by atoms with Gasteiger partial charge in [0.15, 0.2) is 16.5 Å². The van der Waals surface area contributed by atoms with Crippen molar-refractivity contribution in [2.24, 2.45) is 0 Å². The smallest absolute Gasteiger partial charge is 0.179 e. The summed E-state index contributed by atoms with van der Waals surface area (Å²) in [5, 5.41) is 0.516. The van der Waals surface area contributed by atoms with Crippen LogP contribution in [0.15, 0.2) is 72.8 Å². The lowest BCUT2D eigenvalue weighted by Gasteiger charge is -2.35. The van der Waals surface area contributed by atoms with Crippen molar-refractivity contribution >= 4 is 28.6 Å². The van der Waals surface area contributed by atoms with Gasteiger partial charge in [0.05, 0.1) is 13.0 Å². The zero-order valence-corrected chi connectivity index (χ0v) is 15.5. The predicted octanol–water partition coefficient (Wildman–Crippen LogP) is 5.31. The van der Waals surface area contributed by atoms with Crippen LogP contribution >= 0.6 is 12.2 Å². The SMILES string of the molecule is COc1ccccc1OC(=S)C1c2ccccc2N(C)c2ccccc21. The minimum atomic E-state index is -0.112. The molecule has 0 radical (unpaired) electrons. The molecule has 1 aliphatic heterocycles. The molecule has 0 aromatic heterocycles. The zero-order valence-electron chi connectivity index (χ0n) is 14.7. The molecule has 130 valence electrons. The highest BCUT2D eigenvalue weighted by molar-refractivity contribution is 7.80. The standard InChI is InChI=1S/C22H19NO2S/c1-23-17-11-5-3-9-15(17)21(16-10-4-6-12-18(16)23)22(26)25-20-14-8-7-13-19(20)24-2/h3-14,21H,1-2H3. The number of thiocarbonyl (C=S) groups is 1. The average molecular weight is 361 g/mol. The number of rotatable bonds is 3. The van der Waals surface area contributed by atoms with Gasteiger partial charge in [-0.1, -0.05) is 48.5 Å². The molecule has 3 nitrogen and oxygen atoms in total. The molecule has 0 fully saturated rings. The molecule has 0 spiro atoms. The van der Waals surface area contributed by atoms with Gasteiger partial charge in [-0.05, 0) is 47.6 Å². The van der Waals surface area contributed by atoms with Crippen LogP contribution < -0.4 is 14.4 Å². The molecule has 0 amide bonds. The average Bonchev–Trinajstić information content (AvgIpc) is 2.69. The van der Waals surface area contributed by atoms with Gasteiger partial charge >= 0.3 is 0 Å². The molecule has 0 N–H and O–H groups in total. The fourth-order valence-electron chi connectivity index (χ4n) is 3.50. The minimum Gasteiger partial charge on any atom is -0.493 e. The first-order chi connectivity index (χ1) is 12.7. The topological polar surface area (TPSA) is 21.7 Å². The summed E-state index contributed by atoms with van der Waals surface area (Å²) >= 11 is 5.76. The van der Waals surface area contributed by atoms with E-state index in [9.17, 15) is 0 Å². The second-order valence-electron chi connectivity index (χ2n) is 6.18. The van der Waals surface area contributed by atoms with Gasteiger partial charge in [0.2, 0.25) is 0 Å². The fraction of sp³-hybridized carbons (Fsp3) is 0.136. The summed E-state index contributed by atoms with van der Waals surface area (Å²) in [5.41, 5.74) is 4.58. The van der Waals surface area contributed by atoms with Crippen molar-refractivity contribution in [3.8, 4) is 11.5 Å². The van der Waals surface area contributed by atoms with Gasteiger partial charge in [-0.2, -0.15) is 0 Å². The Kier molecular flexibility index (Phi) is 4.35. The molecule has 1 aliphatic rings. The molecule has 0 saturated carbocycles. The van der Waals surface area contributed by atoms with Crippen molar-refractivity contribution in [2.45, 2.75) is 5.92 Å². The van der Waals surface area contributed by atoms with E-state index in [1.165, 1.54) is 0 Å². The van der Waals surface area contributed by atoms with E-state index in [1.807, 2.05) is 48.5 Å². The fourth-order valence-corrected chi connectivity index (χ4v) is 3.84. The van der Waals surface area contributed by atoms with Crippen LogP contribution in [0.5, 0.6) is 11.5 Å². The summed E-state index contributed by atoms with van der Waals surface area (Å²) in [6, 6.07) is 24.2. The van der Waals surface area contributed by atoms with Crippen LogP contribution in [0, 0.1) is 0 Å². The van der Waals surface area contributed by atoms with E-state index >= 15 is 0 Å². The van der Waals surface area contributed by atoms with Gasteiger partial charge in [0.25, 0.3) is 0 Å². The monoisotopic (exact) mass is 361 g/mol. The largest absolute Gasteiger partial charge is 0.493 e.